The van der Waals surface area contributed by atoms with Crippen LogP contribution in [0.15, 0.2) is 0 Å². The van der Waals surface area contributed by atoms with Gasteiger partial charge in [0.1, 0.15) is 0 Å². The molecule has 1 aliphatic heterocycles. The molecule has 1 aliphatic rings. The quantitative estimate of drug-likeness (QED) is 0.509. The van der Waals surface area contributed by atoms with Gasteiger partial charge in [-0.25, -0.2) is 6.57 Å². The molecule has 3 nitrogen and oxygen atoms in total. The van der Waals surface area contributed by atoms with Gasteiger partial charge < -0.3 is 4.85 Å². The molecule has 1 unspecified atom stereocenters. The van der Waals surface area contributed by atoms with Crippen molar-refractivity contribution in [3.63, 3.8) is 0 Å². The Balaban J connectivity index is 2.45. The fraction of sp³-hybridized carbons (Fsp3) is 0.750. The van der Waals surface area contributed by atoms with E-state index in [0.29, 0.717) is 13.1 Å². The van der Waals surface area contributed by atoms with Crippen molar-refractivity contribution in [3.8, 4) is 0 Å². The number of carbonyl (C=O) groups is 1. The predicted octanol–water partition coefficient (Wildman–Crippen LogP) is 0.426. The molecule has 3 heteroatoms. The molecule has 60 valence electrons. The summed E-state index contributed by atoms with van der Waals surface area (Å²) in [6.45, 7) is 8.50. The fourth-order valence-corrected chi connectivity index (χ4v) is 1.31. The third kappa shape index (κ3) is 2.02. The van der Waals surface area contributed by atoms with Crippen molar-refractivity contribution >= 4 is 5.78 Å². The predicted molar refractivity (Wildman–Crippen MR) is 42.1 cm³/mol. The Morgan fingerprint density at radius 3 is 3.09 bits per heavy atom. The Hall–Kier alpha value is -0.880. The van der Waals surface area contributed by atoms with Crippen LogP contribution >= 0.6 is 0 Å². The number of Topliss-reactive ketones (excluding diaryl/α,β-unsaturated/α-hetero) is 1. The van der Waals surface area contributed by atoms with Gasteiger partial charge in [-0.15, -0.1) is 0 Å². The van der Waals surface area contributed by atoms with E-state index in [-0.39, 0.29) is 11.7 Å². The minimum absolute atomic E-state index is 0.0173. The summed E-state index contributed by atoms with van der Waals surface area (Å²) >= 11 is 0. The van der Waals surface area contributed by atoms with E-state index in [1.54, 1.807) is 0 Å². The van der Waals surface area contributed by atoms with Crippen LogP contribution in [0.2, 0.25) is 0 Å². The van der Waals surface area contributed by atoms with Crippen molar-refractivity contribution in [2.24, 2.45) is 5.92 Å². The number of piperidine rings is 1. The Bertz CT molecular complexity index is 195. The van der Waals surface area contributed by atoms with Crippen molar-refractivity contribution in [1.82, 2.24) is 4.90 Å². The molecule has 0 amide bonds. The van der Waals surface area contributed by atoms with Gasteiger partial charge in [-0.3, -0.25) is 9.69 Å². The van der Waals surface area contributed by atoms with Crippen LogP contribution in [0.5, 0.6) is 0 Å². The van der Waals surface area contributed by atoms with E-state index >= 15 is 0 Å². The minimum Gasteiger partial charge on any atom is -0.316 e. The summed E-state index contributed by atoms with van der Waals surface area (Å²) in [4.78, 5) is 16.5. The second-order valence-electron chi connectivity index (χ2n) is 3.03. The van der Waals surface area contributed by atoms with Gasteiger partial charge in [-0.2, -0.15) is 0 Å². The van der Waals surface area contributed by atoms with E-state index in [1.165, 1.54) is 0 Å². The number of nitrogens with zero attached hydrogens (tertiary/aromatic N) is 2. The van der Waals surface area contributed by atoms with Crippen LogP contribution in [0.3, 0.4) is 0 Å². The van der Waals surface area contributed by atoms with E-state index in [2.05, 4.69) is 4.85 Å². The third-order valence-electron chi connectivity index (χ3n) is 2.05. The van der Waals surface area contributed by atoms with E-state index in [1.807, 2.05) is 11.9 Å². The highest BCUT2D eigenvalue weighted by Crippen LogP contribution is 2.12. The first-order valence-corrected chi connectivity index (χ1v) is 3.78. The molecule has 0 aromatic rings. The molecule has 0 aromatic heterocycles. The van der Waals surface area contributed by atoms with E-state index < -0.39 is 0 Å². The molecule has 1 fully saturated rings. The molecule has 1 saturated heterocycles. The van der Waals surface area contributed by atoms with Crippen LogP contribution in [-0.4, -0.2) is 37.4 Å². The summed E-state index contributed by atoms with van der Waals surface area (Å²) in [6.07, 6.45) is 0.859. The van der Waals surface area contributed by atoms with Gasteiger partial charge in [0.15, 0.2) is 5.78 Å². The minimum atomic E-state index is 0.0173. The molecular formula is C8H12N2O. The van der Waals surface area contributed by atoms with E-state index in [0.717, 1.165) is 13.0 Å². The Morgan fingerprint density at radius 1 is 1.82 bits per heavy atom. The average Bonchev–Trinajstić information content (AvgIpc) is 1.95. The first-order valence-electron chi connectivity index (χ1n) is 3.78. The summed E-state index contributed by atoms with van der Waals surface area (Å²) in [5.41, 5.74) is 0. The molecular weight excluding hydrogens is 140 g/mol. The fourth-order valence-electron chi connectivity index (χ4n) is 1.31. The number of carbonyl (C=O) groups excluding carboxylic acids is 1. The first-order chi connectivity index (χ1) is 5.24. The second kappa shape index (κ2) is 3.49. The third-order valence-corrected chi connectivity index (χ3v) is 2.05. The van der Waals surface area contributed by atoms with Crippen molar-refractivity contribution in [1.29, 1.82) is 0 Å². The highest BCUT2D eigenvalue weighted by molar-refractivity contribution is 5.84. The van der Waals surface area contributed by atoms with Crippen LogP contribution in [0.4, 0.5) is 0 Å². The number of hydrogen-bond donors (Lipinski definition) is 0. The SMILES string of the molecule is [C-]#[N+]CC1CCN(C)CC1=O. The zero-order chi connectivity index (χ0) is 8.27. The topological polar surface area (TPSA) is 24.7 Å². The smallest absolute Gasteiger partial charge is 0.224 e. The van der Waals surface area contributed by atoms with Crippen LogP contribution in [0, 0.1) is 12.5 Å². The zero-order valence-electron chi connectivity index (χ0n) is 6.71. The van der Waals surface area contributed by atoms with Gasteiger partial charge in [0.2, 0.25) is 6.54 Å². The lowest BCUT2D eigenvalue weighted by molar-refractivity contribution is -0.125. The van der Waals surface area contributed by atoms with Crippen molar-refractivity contribution in [2.75, 3.05) is 26.7 Å². The summed E-state index contributed by atoms with van der Waals surface area (Å²) in [5, 5.41) is 0. The molecule has 11 heavy (non-hydrogen) atoms. The van der Waals surface area contributed by atoms with Gasteiger partial charge in [-0.05, 0) is 20.0 Å². The van der Waals surface area contributed by atoms with Crippen molar-refractivity contribution < 1.29 is 4.79 Å². The van der Waals surface area contributed by atoms with Gasteiger partial charge in [0.25, 0.3) is 0 Å². The number of likely N-dealkylation sites (tertiary alicyclic amines) is 1. The van der Waals surface area contributed by atoms with Crippen molar-refractivity contribution in [3.05, 3.63) is 11.4 Å². The van der Waals surface area contributed by atoms with Gasteiger partial charge in [-0.1, -0.05) is 0 Å². The maximum atomic E-state index is 11.2. The van der Waals surface area contributed by atoms with E-state index in [9.17, 15) is 4.79 Å². The van der Waals surface area contributed by atoms with Crippen LogP contribution < -0.4 is 0 Å². The lowest BCUT2D eigenvalue weighted by Crippen LogP contribution is -2.39. The molecule has 1 heterocycles. The number of rotatable bonds is 1. The first kappa shape index (κ1) is 8.22. The molecule has 0 saturated carbocycles. The molecule has 0 N–H and O–H groups in total. The van der Waals surface area contributed by atoms with Crippen LogP contribution in [0.25, 0.3) is 4.85 Å². The Morgan fingerprint density at radius 2 is 2.55 bits per heavy atom. The van der Waals surface area contributed by atoms with Crippen LogP contribution in [-0.2, 0) is 4.79 Å². The van der Waals surface area contributed by atoms with E-state index in [4.69, 9.17) is 6.57 Å². The monoisotopic (exact) mass is 152 g/mol. The number of hydrogen-bond acceptors (Lipinski definition) is 2. The molecule has 0 spiro atoms. The van der Waals surface area contributed by atoms with Crippen LogP contribution in [0.1, 0.15) is 6.42 Å². The lowest BCUT2D eigenvalue weighted by Gasteiger charge is -2.24. The molecule has 0 radical (unpaired) electrons. The van der Waals surface area contributed by atoms with Crippen molar-refractivity contribution in [2.45, 2.75) is 6.42 Å². The molecule has 1 rings (SSSR count). The van der Waals surface area contributed by atoms with Gasteiger partial charge in [0.05, 0.1) is 12.5 Å². The largest absolute Gasteiger partial charge is 0.316 e. The Labute approximate surface area is 66.8 Å². The summed E-state index contributed by atoms with van der Waals surface area (Å²) in [5.74, 6) is 0.249. The molecule has 0 bridgehead atoms. The normalized spacial score (nSPS) is 26.5. The standard InChI is InChI=1S/C8H12N2O/c1-9-5-7-3-4-10(2)6-8(7)11/h7H,3-6H2,2H3. The second-order valence-corrected chi connectivity index (χ2v) is 3.03. The number of likely N-dealkylation sites (N-methyl/N-ethyl adjacent to an activating group) is 1. The summed E-state index contributed by atoms with van der Waals surface area (Å²) < 4.78 is 0. The zero-order valence-corrected chi connectivity index (χ0v) is 6.71. The van der Waals surface area contributed by atoms with Gasteiger partial charge >= 0.3 is 0 Å². The summed E-state index contributed by atoms with van der Waals surface area (Å²) in [6, 6.07) is 0. The van der Waals surface area contributed by atoms with Gasteiger partial charge in [0, 0.05) is 0 Å². The maximum absolute atomic E-state index is 11.2. The highest BCUT2D eigenvalue weighted by atomic mass is 16.1. The molecule has 0 aromatic carbocycles. The number of ketones is 1. The molecule has 1 atom stereocenters. The lowest BCUT2D eigenvalue weighted by atomic mass is 9.96. The maximum Gasteiger partial charge on any atom is 0.224 e. The average molecular weight is 152 g/mol. The molecule has 0 aliphatic carbocycles. The summed E-state index contributed by atoms with van der Waals surface area (Å²) in [7, 11) is 1.94. The highest BCUT2D eigenvalue weighted by Gasteiger charge is 2.26. The Kier molecular flexibility index (Phi) is 2.61.